The van der Waals surface area contributed by atoms with Crippen LogP contribution in [0.3, 0.4) is 0 Å². The molecule has 9 heteroatoms. The Morgan fingerprint density at radius 3 is 2.60 bits per heavy atom. The Hall–Kier alpha value is -0.620. The lowest BCUT2D eigenvalue weighted by Crippen LogP contribution is -2.15. The molecule has 20 heavy (non-hydrogen) atoms. The molecular weight excluding hydrogens is 326 g/mol. The second-order valence-electron chi connectivity index (χ2n) is 4.48. The minimum absolute atomic E-state index is 0.205. The number of halogens is 2. The van der Waals surface area contributed by atoms with Gasteiger partial charge in [-0.1, -0.05) is 23.2 Å². The van der Waals surface area contributed by atoms with Crippen molar-refractivity contribution in [3.05, 3.63) is 28.5 Å². The van der Waals surface area contributed by atoms with Crippen LogP contribution in [0.4, 0.5) is 0 Å². The van der Waals surface area contributed by atoms with Crippen molar-refractivity contribution in [2.75, 3.05) is 6.16 Å². The molecule has 0 aliphatic carbocycles. The van der Waals surface area contributed by atoms with E-state index >= 15 is 0 Å². The van der Waals surface area contributed by atoms with Gasteiger partial charge in [-0.15, -0.1) is 0 Å². The minimum Gasteiger partial charge on any atom is -0.392 e. The molecule has 0 saturated carbocycles. The molecule has 1 atom stereocenters. The van der Waals surface area contributed by atoms with E-state index < -0.39 is 19.9 Å². The van der Waals surface area contributed by atoms with Crippen LogP contribution in [-0.4, -0.2) is 36.7 Å². The largest absolute Gasteiger partial charge is 0.392 e. The first-order chi connectivity index (χ1) is 9.26. The standard InChI is InChI=1S/C11H13Cl2N2O4P/c12-8-3-10-11(4-9(8)13)15(6-14-10)2-1-7(16)5-20(17,18)19/h3-4,6-7,16H,1-2,5H2,(H2,17,18,19)/t7-/m1/s1. The van der Waals surface area contributed by atoms with Crippen molar-refractivity contribution in [1.29, 1.82) is 0 Å². The lowest BCUT2D eigenvalue weighted by atomic mass is 10.2. The quantitative estimate of drug-likeness (QED) is 0.727. The molecule has 0 unspecified atom stereocenters. The summed E-state index contributed by atoms with van der Waals surface area (Å²) in [4.78, 5) is 21.7. The van der Waals surface area contributed by atoms with E-state index in [1.54, 1.807) is 23.0 Å². The van der Waals surface area contributed by atoms with Crippen molar-refractivity contribution in [3.8, 4) is 0 Å². The smallest absolute Gasteiger partial charge is 0.328 e. The van der Waals surface area contributed by atoms with Crippen LogP contribution in [0.2, 0.25) is 10.0 Å². The molecule has 1 heterocycles. The molecule has 110 valence electrons. The Balaban J connectivity index is 2.11. The Morgan fingerprint density at radius 1 is 1.30 bits per heavy atom. The summed E-state index contributed by atoms with van der Waals surface area (Å²) in [5.74, 6) is 0. The summed E-state index contributed by atoms with van der Waals surface area (Å²) >= 11 is 11.8. The predicted molar refractivity (Wildman–Crippen MR) is 77.3 cm³/mol. The van der Waals surface area contributed by atoms with Crippen molar-refractivity contribution in [1.82, 2.24) is 9.55 Å². The van der Waals surface area contributed by atoms with Gasteiger partial charge in [0.05, 0.1) is 39.7 Å². The topological polar surface area (TPSA) is 95.6 Å². The van der Waals surface area contributed by atoms with Crippen LogP contribution >= 0.6 is 30.8 Å². The number of hydrogen-bond acceptors (Lipinski definition) is 3. The van der Waals surface area contributed by atoms with E-state index in [0.717, 1.165) is 5.52 Å². The van der Waals surface area contributed by atoms with Crippen LogP contribution < -0.4 is 0 Å². The molecule has 2 rings (SSSR count). The Kier molecular flexibility index (Phi) is 4.74. The fourth-order valence-corrected chi connectivity index (χ4v) is 2.93. The first-order valence-corrected chi connectivity index (χ1v) is 8.34. The van der Waals surface area contributed by atoms with Crippen LogP contribution in [-0.2, 0) is 11.1 Å². The molecule has 0 saturated heterocycles. The van der Waals surface area contributed by atoms with Crippen molar-refractivity contribution in [2.45, 2.75) is 19.1 Å². The fraction of sp³-hybridized carbons (Fsp3) is 0.364. The van der Waals surface area contributed by atoms with Gasteiger partial charge in [-0.3, -0.25) is 4.57 Å². The maximum absolute atomic E-state index is 10.8. The fourth-order valence-electron chi connectivity index (χ4n) is 1.89. The summed E-state index contributed by atoms with van der Waals surface area (Å²) in [7, 11) is -4.20. The van der Waals surface area contributed by atoms with Crippen LogP contribution in [0, 0.1) is 0 Å². The van der Waals surface area contributed by atoms with E-state index in [2.05, 4.69) is 4.98 Å². The van der Waals surface area contributed by atoms with Crippen LogP contribution in [0.1, 0.15) is 6.42 Å². The van der Waals surface area contributed by atoms with E-state index in [-0.39, 0.29) is 6.42 Å². The van der Waals surface area contributed by atoms with E-state index in [1.807, 2.05) is 0 Å². The highest BCUT2D eigenvalue weighted by molar-refractivity contribution is 7.51. The number of benzene rings is 1. The van der Waals surface area contributed by atoms with Gasteiger partial charge in [0.1, 0.15) is 0 Å². The zero-order valence-corrected chi connectivity index (χ0v) is 12.7. The average molecular weight is 339 g/mol. The van der Waals surface area contributed by atoms with Crippen molar-refractivity contribution in [3.63, 3.8) is 0 Å². The number of rotatable bonds is 5. The summed E-state index contributed by atoms with van der Waals surface area (Å²) in [6, 6.07) is 3.31. The second kappa shape index (κ2) is 6.02. The first kappa shape index (κ1) is 15.8. The number of aliphatic hydroxyl groups is 1. The zero-order chi connectivity index (χ0) is 14.9. The summed E-state index contributed by atoms with van der Waals surface area (Å²) in [6.45, 7) is 0.371. The zero-order valence-electron chi connectivity index (χ0n) is 10.3. The monoisotopic (exact) mass is 338 g/mol. The highest BCUT2D eigenvalue weighted by Gasteiger charge is 2.19. The molecule has 0 aliphatic heterocycles. The van der Waals surface area contributed by atoms with Gasteiger partial charge in [0.15, 0.2) is 0 Å². The van der Waals surface area contributed by atoms with Gasteiger partial charge < -0.3 is 19.5 Å². The van der Waals surface area contributed by atoms with Crippen LogP contribution in [0.15, 0.2) is 18.5 Å². The number of fused-ring (bicyclic) bond motifs is 1. The third-order valence-electron chi connectivity index (χ3n) is 2.81. The molecule has 0 bridgehead atoms. The highest BCUT2D eigenvalue weighted by atomic mass is 35.5. The third kappa shape index (κ3) is 3.95. The second-order valence-corrected chi connectivity index (χ2v) is 6.99. The molecule has 0 aliphatic rings. The molecule has 0 radical (unpaired) electrons. The number of aliphatic hydroxyl groups excluding tert-OH is 1. The number of hydrogen-bond donors (Lipinski definition) is 3. The molecule has 0 fully saturated rings. The van der Waals surface area contributed by atoms with Crippen molar-refractivity contribution in [2.24, 2.45) is 0 Å². The van der Waals surface area contributed by atoms with E-state index in [0.29, 0.717) is 22.1 Å². The third-order valence-corrected chi connectivity index (χ3v) is 4.43. The van der Waals surface area contributed by atoms with Crippen molar-refractivity contribution < 1.29 is 19.5 Å². The van der Waals surface area contributed by atoms with Gasteiger partial charge in [0.2, 0.25) is 0 Å². The number of nitrogens with zero attached hydrogens (tertiary/aromatic N) is 2. The molecule has 3 N–H and O–H groups in total. The highest BCUT2D eigenvalue weighted by Crippen LogP contribution is 2.35. The van der Waals surface area contributed by atoms with Crippen LogP contribution in [0.5, 0.6) is 0 Å². The normalized spacial score (nSPS) is 13.8. The van der Waals surface area contributed by atoms with E-state index in [9.17, 15) is 9.67 Å². The number of aryl methyl sites for hydroxylation is 1. The summed E-state index contributed by atoms with van der Waals surface area (Å²) in [5, 5.41) is 10.4. The average Bonchev–Trinajstić information content (AvgIpc) is 2.67. The van der Waals surface area contributed by atoms with Gasteiger partial charge in [-0.25, -0.2) is 4.98 Å². The minimum atomic E-state index is -4.20. The van der Waals surface area contributed by atoms with E-state index in [4.69, 9.17) is 33.0 Å². The Bertz CT molecular complexity index is 670. The SMILES string of the molecule is O=P(O)(O)C[C@H](O)CCn1cnc2cc(Cl)c(Cl)cc21. The van der Waals surface area contributed by atoms with Gasteiger partial charge in [-0.05, 0) is 18.6 Å². The molecule has 1 aromatic heterocycles. The van der Waals surface area contributed by atoms with Gasteiger partial charge in [-0.2, -0.15) is 0 Å². The van der Waals surface area contributed by atoms with Crippen molar-refractivity contribution >= 4 is 41.8 Å². The summed E-state index contributed by atoms with van der Waals surface area (Å²) in [5.41, 5.74) is 1.42. The maximum Gasteiger partial charge on any atom is 0.328 e. The lowest BCUT2D eigenvalue weighted by Gasteiger charge is -2.12. The Labute approximate surface area is 125 Å². The molecule has 0 spiro atoms. The van der Waals surface area contributed by atoms with Gasteiger partial charge >= 0.3 is 7.60 Å². The lowest BCUT2D eigenvalue weighted by molar-refractivity contribution is 0.173. The molecule has 6 nitrogen and oxygen atoms in total. The number of aromatic nitrogens is 2. The summed E-state index contributed by atoms with van der Waals surface area (Å²) in [6.07, 6.45) is 0.154. The van der Waals surface area contributed by atoms with Gasteiger partial charge in [0.25, 0.3) is 0 Å². The number of imidazole rings is 1. The molecule has 2 aromatic rings. The molecule has 1 aromatic carbocycles. The van der Waals surface area contributed by atoms with E-state index in [1.165, 1.54) is 0 Å². The molecule has 0 amide bonds. The predicted octanol–water partition coefficient (Wildman–Crippen LogP) is 2.27. The van der Waals surface area contributed by atoms with Gasteiger partial charge in [0, 0.05) is 6.54 Å². The summed E-state index contributed by atoms with van der Waals surface area (Å²) < 4.78 is 12.5. The molecular formula is C11H13Cl2N2O4P. The first-order valence-electron chi connectivity index (χ1n) is 5.79. The maximum atomic E-state index is 10.8. The van der Waals surface area contributed by atoms with Crippen LogP contribution in [0.25, 0.3) is 11.0 Å². The Morgan fingerprint density at radius 2 is 1.95 bits per heavy atom.